The van der Waals surface area contributed by atoms with Gasteiger partial charge in [0, 0.05) is 24.3 Å². The van der Waals surface area contributed by atoms with Gasteiger partial charge in [0.1, 0.15) is 11.5 Å². The molecule has 2 aliphatic heterocycles. The summed E-state index contributed by atoms with van der Waals surface area (Å²) < 4.78 is 23.6. The molecule has 0 spiro atoms. The Bertz CT molecular complexity index is 1220. The summed E-state index contributed by atoms with van der Waals surface area (Å²) in [6.07, 6.45) is 8.32. The van der Waals surface area contributed by atoms with Crippen molar-refractivity contribution in [3.63, 3.8) is 0 Å². The molecular formula is C32H34N2O8. The van der Waals surface area contributed by atoms with Gasteiger partial charge in [0.2, 0.25) is 0 Å². The molecule has 4 amide bonds. The molecule has 2 aromatic carbocycles. The van der Waals surface area contributed by atoms with E-state index in [1.54, 1.807) is 48.5 Å². The Balaban J connectivity index is 0.967. The standard InChI is InChI=1S/C32H34N2O8/c1-21(41-27-11-7-25(8-12-27)33-29(35)15-16-30(33)36)39-19-23-3-5-24(6-4-23)20-40-22(2)42-28-13-9-26(10-14-28)34-31(37)17-18-32(34)38/h7-18,21-24H,3-6,19-20H2,1-2H3. The molecule has 5 rings (SSSR count). The predicted molar refractivity (Wildman–Crippen MR) is 154 cm³/mol. The second kappa shape index (κ2) is 13.1. The molecule has 0 radical (unpaired) electrons. The molecule has 2 atom stereocenters. The summed E-state index contributed by atoms with van der Waals surface area (Å²) in [7, 11) is 0. The SMILES string of the molecule is CC(OCC1CCC(COC(C)Oc2ccc(N3C(=O)C=CC3=O)cc2)CC1)Oc1ccc(N2C(=O)C=CC2=O)cc1. The smallest absolute Gasteiger partial charge is 0.258 e. The third-order valence-corrected chi connectivity index (χ3v) is 7.51. The van der Waals surface area contributed by atoms with Gasteiger partial charge in [0.25, 0.3) is 23.6 Å². The van der Waals surface area contributed by atoms with Crippen LogP contribution in [0.4, 0.5) is 11.4 Å². The van der Waals surface area contributed by atoms with Crippen molar-refractivity contribution in [3.8, 4) is 11.5 Å². The normalized spacial score (nSPS) is 21.8. The molecule has 0 bridgehead atoms. The number of anilines is 2. The van der Waals surface area contributed by atoms with E-state index in [-0.39, 0.29) is 23.6 Å². The number of rotatable bonds is 12. The van der Waals surface area contributed by atoms with Crippen LogP contribution >= 0.6 is 0 Å². The maximum atomic E-state index is 11.8. The highest BCUT2D eigenvalue weighted by molar-refractivity contribution is 6.28. The number of amides is 4. The van der Waals surface area contributed by atoms with Gasteiger partial charge >= 0.3 is 0 Å². The van der Waals surface area contributed by atoms with Crippen LogP contribution in [0.2, 0.25) is 0 Å². The Morgan fingerprint density at radius 1 is 0.571 bits per heavy atom. The van der Waals surface area contributed by atoms with E-state index < -0.39 is 12.6 Å². The minimum absolute atomic E-state index is 0.354. The van der Waals surface area contributed by atoms with E-state index in [0.29, 0.717) is 47.9 Å². The van der Waals surface area contributed by atoms with Gasteiger partial charge in [-0.1, -0.05) is 0 Å². The third kappa shape index (κ3) is 7.13. The van der Waals surface area contributed by atoms with E-state index in [9.17, 15) is 19.2 Å². The minimum Gasteiger partial charge on any atom is -0.465 e. The van der Waals surface area contributed by atoms with Crippen LogP contribution in [-0.4, -0.2) is 49.4 Å². The van der Waals surface area contributed by atoms with Crippen LogP contribution in [0.1, 0.15) is 39.5 Å². The van der Waals surface area contributed by atoms with E-state index in [1.807, 2.05) is 13.8 Å². The number of hydrogen-bond donors (Lipinski definition) is 0. The van der Waals surface area contributed by atoms with Crippen molar-refractivity contribution in [2.75, 3.05) is 23.0 Å². The Labute approximate surface area is 244 Å². The molecule has 220 valence electrons. The van der Waals surface area contributed by atoms with Gasteiger partial charge in [-0.25, -0.2) is 9.80 Å². The van der Waals surface area contributed by atoms with E-state index in [2.05, 4.69) is 0 Å². The molecule has 10 nitrogen and oxygen atoms in total. The summed E-state index contributed by atoms with van der Waals surface area (Å²) in [5.74, 6) is 0.678. The number of hydrogen-bond acceptors (Lipinski definition) is 8. The topological polar surface area (TPSA) is 112 Å². The van der Waals surface area contributed by atoms with E-state index >= 15 is 0 Å². The largest absolute Gasteiger partial charge is 0.465 e. The average Bonchev–Trinajstić information content (AvgIpc) is 3.51. The molecular weight excluding hydrogens is 540 g/mol. The molecule has 2 aromatic rings. The van der Waals surface area contributed by atoms with Crippen LogP contribution < -0.4 is 19.3 Å². The highest BCUT2D eigenvalue weighted by Gasteiger charge is 2.27. The number of nitrogens with zero attached hydrogens (tertiary/aromatic N) is 2. The lowest BCUT2D eigenvalue weighted by atomic mass is 9.83. The Kier molecular flexibility index (Phi) is 9.14. The van der Waals surface area contributed by atoms with Crippen LogP contribution in [-0.2, 0) is 28.7 Å². The average molecular weight is 575 g/mol. The Morgan fingerprint density at radius 3 is 1.19 bits per heavy atom. The molecule has 2 heterocycles. The van der Waals surface area contributed by atoms with Crippen LogP contribution in [0.3, 0.4) is 0 Å². The minimum atomic E-state index is -0.436. The monoisotopic (exact) mass is 574 g/mol. The van der Waals surface area contributed by atoms with Gasteiger partial charge in [-0.3, -0.25) is 19.2 Å². The summed E-state index contributed by atoms with van der Waals surface area (Å²) in [5, 5.41) is 0. The van der Waals surface area contributed by atoms with E-state index in [1.165, 1.54) is 24.3 Å². The number of carbonyl (C=O) groups excluding carboxylic acids is 4. The van der Waals surface area contributed by atoms with E-state index in [0.717, 1.165) is 35.5 Å². The fourth-order valence-electron chi connectivity index (χ4n) is 5.22. The highest BCUT2D eigenvalue weighted by atomic mass is 16.7. The van der Waals surface area contributed by atoms with Gasteiger partial charge in [0.05, 0.1) is 24.6 Å². The summed E-state index contributed by atoms with van der Waals surface area (Å²) in [5.41, 5.74) is 0.999. The lowest BCUT2D eigenvalue weighted by Gasteiger charge is -2.29. The van der Waals surface area contributed by atoms with Crippen LogP contribution in [0.15, 0.2) is 72.8 Å². The molecule has 2 unspecified atom stereocenters. The number of imide groups is 2. The second-order valence-corrected chi connectivity index (χ2v) is 10.6. The van der Waals surface area contributed by atoms with Crippen LogP contribution in [0.25, 0.3) is 0 Å². The first-order valence-electron chi connectivity index (χ1n) is 14.2. The van der Waals surface area contributed by atoms with Crippen molar-refractivity contribution in [3.05, 3.63) is 72.8 Å². The molecule has 42 heavy (non-hydrogen) atoms. The van der Waals surface area contributed by atoms with Crippen LogP contribution in [0.5, 0.6) is 11.5 Å². The Morgan fingerprint density at radius 2 is 0.881 bits per heavy atom. The van der Waals surface area contributed by atoms with Crippen molar-refractivity contribution in [2.45, 2.75) is 52.1 Å². The van der Waals surface area contributed by atoms with Crippen molar-refractivity contribution < 1.29 is 38.1 Å². The predicted octanol–water partition coefficient (Wildman–Crippen LogP) is 4.53. The number of carbonyl (C=O) groups is 4. The molecule has 1 saturated carbocycles. The van der Waals surface area contributed by atoms with Gasteiger partial charge in [0.15, 0.2) is 12.6 Å². The molecule has 1 aliphatic carbocycles. The summed E-state index contributed by atoms with van der Waals surface area (Å²) in [4.78, 5) is 49.6. The summed E-state index contributed by atoms with van der Waals surface area (Å²) in [6, 6.07) is 13.6. The molecule has 0 saturated heterocycles. The zero-order chi connectivity index (χ0) is 29.6. The molecule has 3 aliphatic rings. The van der Waals surface area contributed by atoms with Crippen molar-refractivity contribution >= 4 is 35.0 Å². The molecule has 0 aromatic heterocycles. The van der Waals surface area contributed by atoms with E-state index in [4.69, 9.17) is 18.9 Å². The third-order valence-electron chi connectivity index (χ3n) is 7.51. The summed E-state index contributed by atoms with van der Waals surface area (Å²) >= 11 is 0. The number of benzene rings is 2. The second-order valence-electron chi connectivity index (χ2n) is 10.6. The molecule has 1 fully saturated rings. The van der Waals surface area contributed by atoms with Gasteiger partial charge < -0.3 is 18.9 Å². The molecule has 10 heteroatoms. The van der Waals surface area contributed by atoms with Crippen molar-refractivity contribution in [1.29, 1.82) is 0 Å². The lowest BCUT2D eigenvalue weighted by Crippen LogP contribution is -2.29. The molecule has 0 N–H and O–H groups in total. The zero-order valence-corrected chi connectivity index (χ0v) is 23.6. The van der Waals surface area contributed by atoms with Crippen molar-refractivity contribution in [1.82, 2.24) is 0 Å². The first-order chi connectivity index (χ1) is 20.3. The zero-order valence-electron chi connectivity index (χ0n) is 23.6. The highest BCUT2D eigenvalue weighted by Crippen LogP contribution is 2.30. The van der Waals surface area contributed by atoms with Gasteiger partial charge in [-0.2, -0.15) is 0 Å². The first-order valence-corrected chi connectivity index (χ1v) is 14.2. The van der Waals surface area contributed by atoms with Gasteiger partial charge in [-0.15, -0.1) is 0 Å². The first kappa shape index (κ1) is 29.2. The Hall–Kier alpha value is -4.28. The maximum absolute atomic E-state index is 11.8. The fourth-order valence-corrected chi connectivity index (χ4v) is 5.22. The van der Waals surface area contributed by atoms with Crippen LogP contribution in [0, 0.1) is 11.8 Å². The maximum Gasteiger partial charge on any atom is 0.258 e. The number of ether oxygens (including phenoxy) is 4. The lowest BCUT2D eigenvalue weighted by molar-refractivity contribution is -0.121. The fraction of sp³-hybridized carbons (Fsp3) is 0.375. The quantitative estimate of drug-likeness (QED) is 0.269. The van der Waals surface area contributed by atoms with Crippen molar-refractivity contribution in [2.24, 2.45) is 11.8 Å². The van der Waals surface area contributed by atoms with Gasteiger partial charge in [-0.05, 0) is 99.9 Å². The summed E-state index contributed by atoms with van der Waals surface area (Å²) in [6.45, 7) is 4.91.